The molecule has 136 valence electrons. The number of nitrogens with zero attached hydrogens (tertiary/aromatic N) is 1. The van der Waals surface area contributed by atoms with Crippen LogP contribution in [0.3, 0.4) is 0 Å². The molecule has 0 fully saturated rings. The Kier molecular flexibility index (Phi) is 5.41. The van der Waals surface area contributed by atoms with E-state index in [1.54, 1.807) is 30.0 Å². The zero-order valence-corrected chi connectivity index (χ0v) is 15.0. The van der Waals surface area contributed by atoms with Crippen molar-refractivity contribution in [1.29, 1.82) is 0 Å². The normalized spacial score (nSPS) is 13.0. The molecule has 26 heavy (non-hydrogen) atoms. The Morgan fingerprint density at radius 1 is 1.23 bits per heavy atom. The molecule has 1 N–H and O–H groups in total. The number of aryl methyl sites for hydroxylation is 1. The minimum Gasteiger partial charge on any atom is -0.492 e. The number of carbonyl (C=O) groups is 2. The summed E-state index contributed by atoms with van der Waals surface area (Å²) in [5.41, 5.74) is 2.50. The molecule has 0 aromatic heterocycles. The van der Waals surface area contributed by atoms with Gasteiger partial charge in [0.1, 0.15) is 18.1 Å². The molecule has 1 aliphatic rings. The van der Waals surface area contributed by atoms with Crippen molar-refractivity contribution in [3.8, 4) is 11.5 Å². The third-order valence-corrected chi connectivity index (χ3v) is 4.11. The van der Waals surface area contributed by atoms with Crippen LogP contribution in [0.1, 0.15) is 18.9 Å². The van der Waals surface area contributed by atoms with Gasteiger partial charge < -0.3 is 19.7 Å². The molecule has 0 saturated carbocycles. The maximum absolute atomic E-state index is 12.2. The van der Waals surface area contributed by atoms with Crippen molar-refractivity contribution in [3.05, 3.63) is 48.0 Å². The second-order valence-corrected chi connectivity index (χ2v) is 6.08. The summed E-state index contributed by atoms with van der Waals surface area (Å²) in [6.07, 6.45) is 0.402. The summed E-state index contributed by atoms with van der Waals surface area (Å²) in [5.74, 6) is 1.17. The minimum atomic E-state index is -0.115. The molecule has 0 spiro atoms. The molecular weight excluding hydrogens is 332 g/mol. The summed E-state index contributed by atoms with van der Waals surface area (Å²) < 4.78 is 11.2. The average molecular weight is 354 g/mol. The summed E-state index contributed by atoms with van der Waals surface area (Å²) in [7, 11) is 0. The van der Waals surface area contributed by atoms with Crippen LogP contribution in [0.15, 0.2) is 42.5 Å². The summed E-state index contributed by atoms with van der Waals surface area (Å²) in [5, 5.41) is 2.79. The Bertz CT molecular complexity index is 802. The SMILES string of the molecule is CCC(=O)Nc1ccc2c(c1)OCC(=O)N2CCOc1ccc(C)cc1. The van der Waals surface area contributed by atoms with Crippen molar-refractivity contribution in [2.24, 2.45) is 0 Å². The number of rotatable bonds is 6. The monoisotopic (exact) mass is 354 g/mol. The lowest BCUT2D eigenvalue weighted by molar-refractivity contribution is -0.121. The zero-order chi connectivity index (χ0) is 18.5. The number of carbonyl (C=O) groups excluding carboxylic acids is 2. The van der Waals surface area contributed by atoms with E-state index in [0.717, 1.165) is 5.75 Å². The van der Waals surface area contributed by atoms with Crippen LogP contribution < -0.4 is 19.7 Å². The van der Waals surface area contributed by atoms with Gasteiger partial charge in [0, 0.05) is 18.2 Å². The Balaban J connectivity index is 1.67. The van der Waals surface area contributed by atoms with Gasteiger partial charge >= 0.3 is 0 Å². The Hall–Kier alpha value is -3.02. The Labute approximate surface area is 152 Å². The van der Waals surface area contributed by atoms with Gasteiger partial charge in [-0.2, -0.15) is 0 Å². The highest BCUT2D eigenvalue weighted by Gasteiger charge is 2.25. The van der Waals surface area contributed by atoms with Crippen molar-refractivity contribution in [2.75, 3.05) is 30.0 Å². The number of fused-ring (bicyclic) bond motifs is 1. The first-order valence-corrected chi connectivity index (χ1v) is 8.63. The molecule has 1 aliphatic heterocycles. The Morgan fingerprint density at radius 2 is 2.00 bits per heavy atom. The third kappa shape index (κ3) is 4.14. The van der Waals surface area contributed by atoms with E-state index in [-0.39, 0.29) is 18.4 Å². The lowest BCUT2D eigenvalue weighted by Gasteiger charge is -2.29. The van der Waals surface area contributed by atoms with Crippen LogP contribution in [0.5, 0.6) is 11.5 Å². The predicted octanol–water partition coefficient (Wildman–Crippen LogP) is 3.15. The van der Waals surface area contributed by atoms with Gasteiger partial charge in [0.15, 0.2) is 6.61 Å². The molecule has 0 aliphatic carbocycles. The van der Waals surface area contributed by atoms with E-state index >= 15 is 0 Å². The molecular formula is C20H22N2O4. The molecule has 2 aromatic rings. The number of anilines is 2. The standard InChI is InChI=1S/C20H22N2O4/c1-3-19(23)21-15-6-9-17-18(12-15)26-13-20(24)22(17)10-11-25-16-7-4-14(2)5-8-16/h4-9,12H,3,10-11,13H2,1-2H3,(H,21,23). The summed E-state index contributed by atoms with van der Waals surface area (Å²) in [6.45, 7) is 4.58. The van der Waals surface area contributed by atoms with Gasteiger partial charge in [-0.1, -0.05) is 24.6 Å². The van der Waals surface area contributed by atoms with Crippen LogP contribution in [0.2, 0.25) is 0 Å². The van der Waals surface area contributed by atoms with Crippen LogP contribution in [0.25, 0.3) is 0 Å². The fraction of sp³-hybridized carbons (Fsp3) is 0.300. The van der Waals surface area contributed by atoms with E-state index in [0.29, 0.717) is 36.7 Å². The summed E-state index contributed by atoms with van der Waals surface area (Å²) in [6, 6.07) is 13.1. The van der Waals surface area contributed by atoms with Crippen LogP contribution in [0, 0.1) is 6.92 Å². The van der Waals surface area contributed by atoms with E-state index in [2.05, 4.69) is 5.32 Å². The van der Waals surface area contributed by atoms with E-state index in [9.17, 15) is 9.59 Å². The van der Waals surface area contributed by atoms with Gasteiger partial charge in [0.05, 0.1) is 12.2 Å². The van der Waals surface area contributed by atoms with Crippen molar-refractivity contribution >= 4 is 23.2 Å². The van der Waals surface area contributed by atoms with Gasteiger partial charge in [0.2, 0.25) is 5.91 Å². The molecule has 0 saturated heterocycles. The third-order valence-electron chi connectivity index (χ3n) is 4.11. The van der Waals surface area contributed by atoms with Gasteiger partial charge in [-0.05, 0) is 31.2 Å². The number of hydrogen-bond donors (Lipinski definition) is 1. The van der Waals surface area contributed by atoms with Gasteiger partial charge in [-0.3, -0.25) is 9.59 Å². The van der Waals surface area contributed by atoms with Crippen LogP contribution in [0.4, 0.5) is 11.4 Å². The van der Waals surface area contributed by atoms with Crippen molar-refractivity contribution in [1.82, 2.24) is 0 Å². The van der Waals surface area contributed by atoms with Gasteiger partial charge in [-0.25, -0.2) is 0 Å². The number of hydrogen-bond acceptors (Lipinski definition) is 4. The van der Waals surface area contributed by atoms with E-state index in [4.69, 9.17) is 9.47 Å². The quantitative estimate of drug-likeness (QED) is 0.865. The molecule has 2 aromatic carbocycles. The number of ether oxygens (including phenoxy) is 2. The lowest BCUT2D eigenvalue weighted by atomic mass is 10.2. The highest BCUT2D eigenvalue weighted by Crippen LogP contribution is 2.34. The highest BCUT2D eigenvalue weighted by molar-refractivity contribution is 5.99. The largest absolute Gasteiger partial charge is 0.492 e. The molecule has 0 radical (unpaired) electrons. The molecule has 6 nitrogen and oxygen atoms in total. The Morgan fingerprint density at radius 3 is 2.73 bits per heavy atom. The summed E-state index contributed by atoms with van der Waals surface area (Å²) >= 11 is 0. The molecule has 2 amide bonds. The first kappa shape index (κ1) is 17.8. The second kappa shape index (κ2) is 7.91. The van der Waals surface area contributed by atoms with Gasteiger partial charge in [-0.15, -0.1) is 0 Å². The number of benzene rings is 2. The second-order valence-electron chi connectivity index (χ2n) is 6.08. The van der Waals surface area contributed by atoms with Crippen molar-refractivity contribution in [3.63, 3.8) is 0 Å². The van der Waals surface area contributed by atoms with E-state index in [1.165, 1.54) is 5.56 Å². The zero-order valence-electron chi connectivity index (χ0n) is 15.0. The highest BCUT2D eigenvalue weighted by atomic mass is 16.5. The van der Waals surface area contributed by atoms with Gasteiger partial charge in [0.25, 0.3) is 5.91 Å². The number of amides is 2. The summed E-state index contributed by atoms with van der Waals surface area (Å²) in [4.78, 5) is 25.4. The first-order valence-electron chi connectivity index (χ1n) is 8.63. The average Bonchev–Trinajstić information content (AvgIpc) is 2.65. The van der Waals surface area contributed by atoms with Crippen LogP contribution >= 0.6 is 0 Å². The smallest absolute Gasteiger partial charge is 0.265 e. The first-order chi connectivity index (χ1) is 12.6. The minimum absolute atomic E-state index is 0.0251. The topological polar surface area (TPSA) is 67.9 Å². The predicted molar refractivity (Wildman–Crippen MR) is 99.9 cm³/mol. The molecule has 3 rings (SSSR count). The lowest BCUT2D eigenvalue weighted by Crippen LogP contribution is -2.41. The van der Waals surface area contributed by atoms with Crippen LogP contribution in [-0.4, -0.2) is 31.6 Å². The van der Waals surface area contributed by atoms with Crippen LogP contribution in [-0.2, 0) is 9.59 Å². The maximum Gasteiger partial charge on any atom is 0.265 e. The fourth-order valence-electron chi connectivity index (χ4n) is 2.67. The molecule has 6 heteroatoms. The van der Waals surface area contributed by atoms with Crippen molar-refractivity contribution < 1.29 is 19.1 Å². The maximum atomic E-state index is 12.2. The van der Waals surface area contributed by atoms with E-state index < -0.39 is 0 Å². The fourth-order valence-corrected chi connectivity index (χ4v) is 2.67. The molecule has 1 heterocycles. The molecule has 0 unspecified atom stereocenters. The molecule has 0 bridgehead atoms. The number of nitrogens with one attached hydrogen (secondary N) is 1. The molecule has 0 atom stereocenters. The van der Waals surface area contributed by atoms with Crippen molar-refractivity contribution in [2.45, 2.75) is 20.3 Å². The van der Waals surface area contributed by atoms with E-state index in [1.807, 2.05) is 31.2 Å².